The lowest BCUT2D eigenvalue weighted by Crippen LogP contribution is -2.51. The molecule has 0 unspecified atom stereocenters. The molecule has 2 aromatic rings. The molecule has 0 aromatic heterocycles. The van der Waals surface area contributed by atoms with Crippen molar-refractivity contribution in [2.45, 2.75) is 25.3 Å². The van der Waals surface area contributed by atoms with Gasteiger partial charge < -0.3 is 4.90 Å². The molecule has 0 bridgehead atoms. The highest BCUT2D eigenvalue weighted by molar-refractivity contribution is 5.42. The van der Waals surface area contributed by atoms with Crippen molar-refractivity contribution in [3.05, 3.63) is 71.3 Å². The van der Waals surface area contributed by atoms with E-state index in [2.05, 4.69) is 71.3 Å². The lowest BCUT2D eigenvalue weighted by Gasteiger charge is -2.47. The zero-order chi connectivity index (χ0) is 15.6. The van der Waals surface area contributed by atoms with Crippen molar-refractivity contribution >= 4 is 0 Å². The fourth-order valence-corrected chi connectivity index (χ4v) is 4.34. The zero-order valence-electron chi connectivity index (χ0n) is 14.0. The fraction of sp³-hybridized carbons (Fsp3) is 0.429. The first-order valence-electron chi connectivity index (χ1n) is 8.97. The third-order valence-electron chi connectivity index (χ3n) is 5.46. The van der Waals surface area contributed by atoms with Crippen LogP contribution in [-0.4, -0.2) is 42.5 Å². The topological polar surface area (TPSA) is 6.48 Å². The summed E-state index contributed by atoms with van der Waals surface area (Å²) in [7, 11) is 0. The predicted octanol–water partition coefficient (Wildman–Crippen LogP) is 3.90. The molecule has 0 aliphatic carbocycles. The van der Waals surface area contributed by atoms with Crippen LogP contribution in [0.2, 0.25) is 0 Å². The summed E-state index contributed by atoms with van der Waals surface area (Å²) in [6.45, 7) is 8.27. The Balaban J connectivity index is 1.70. The summed E-state index contributed by atoms with van der Waals surface area (Å²) >= 11 is 0. The Labute approximate surface area is 139 Å². The molecular formula is C21H26N2. The van der Waals surface area contributed by atoms with Gasteiger partial charge in [0.1, 0.15) is 0 Å². The van der Waals surface area contributed by atoms with Gasteiger partial charge >= 0.3 is 0 Å². The van der Waals surface area contributed by atoms with Gasteiger partial charge in [-0.2, -0.15) is 0 Å². The quantitative estimate of drug-likeness (QED) is 0.848. The largest absolute Gasteiger partial charge is 0.300 e. The average Bonchev–Trinajstić information content (AvgIpc) is 2.62. The van der Waals surface area contributed by atoms with Gasteiger partial charge in [-0.3, -0.25) is 4.90 Å². The minimum Gasteiger partial charge on any atom is -0.300 e. The monoisotopic (exact) mass is 306 g/mol. The van der Waals surface area contributed by atoms with Crippen molar-refractivity contribution in [1.82, 2.24) is 9.80 Å². The van der Waals surface area contributed by atoms with E-state index >= 15 is 0 Å². The van der Waals surface area contributed by atoms with E-state index in [9.17, 15) is 0 Å². The highest BCUT2D eigenvalue weighted by Gasteiger charge is 2.36. The second-order valence-electron chi connectivity index (χ2n) is 6.90. The summed E-state index contributed by atoms with van der Waals surface area (Å²) in [6, 6.07) is 20.7. The van der Waals surface area contributed by atoms with Crippen molar-refractivity contribution in [1.29, 1.82) is 0 Å². The summed E-state index contributed by atoms with van der Waals surface area (Å²) in [5, 5.41) is 0. The van der Waals surface area contributed by atoms with E-state index in [0.717, 1.165) is 6.54 Å². The van der Waals surface area contributed by atoms with Crippen molar-refractivity contribution in [3.63, 3.8) is 0 Å². The van der Waals surface area contributed by atoms with Crippen LogP contribution in [0.5, 0.6) is 0 Å². The highest BCUT2D eigenvalue weighted by Crippen LogP contribution is 2.40. The van der Waals surface area contributed by atoms with Crippen LogP contribution in [0, 0.1) is 0 Å². The molecule has 0 radical (unpaired) electrons. The van der Waals surface area contributed by atoms with E-state index in [0.29, 0.717) is 12.0 Å². The molecule has 2 aliphatic rings. The summed E-state index contributed by atoms with van der Waals surface area (Å²) < 4.78 is 0. The molecule has 120 valence electrons. The lowest BCUT2D eigenvalue weighted by atomic mass is 9.80. The van der Waals surface area contributed by atoms with Crippen molar-refractivity contribution in [3.8, 4) is 0 Å². The van der Waals surface area contributed by atoms with Crippen LogP contribution < -0.4 is 0 Å². The Bertz CT molecular complexity index is 652. The minimum atomic E-state index is 0.515. The summed E-state index contributed by atoms with van der Waals surface area (Å²) in [4.78, 5) is 5.35. The van der Waals surface area contributed by atoms with E-state index in [1.165, 1.54) is 38.2 Å². The van der Waals surface area contributed by atoms with Crippen LogP contribution in [0.1, 0.15) is 42.0 Å². The van der Waals surface area contributed by atoms with Crippen LogP contribution in [0.3, 0.4) is 0 Å². The molecule has 0 spiro atoms. The Kier molecular flexibility index (Phi) is 4.19. The van der Waals surface area contributed by atoms with Gasteiger partial charge in [0.05, 0.1) is 0 Å². The van der Waals surface area contributed by atoms with Gasteiger partial charge in [-0.1, -0.05) is 61.5 Å². The summed E-state index contributed by atoms with van der Waals surface area (Å²) in [5.41, 5.74) is 4.54. The van der Waals surface area contributed by atoms with E-state index < -0.39 is 0 Å². The van der Waals surface area contributed by atoms with Gasteiger partial charge in [0, 0.05) is 38.1 Å². The van der Waals surface area contributed by atoms with Crippen molar-refractivity contribution < 1.29 is 0 Å². The molecule has 2 heteroatoms. The summed E-state index contributed by atoms with van der Waals surface area (Å²) in [6.07, 6.45) is 1.25. The number of rotatable bonds is 3. The number of fused-ring (bicyclic) bond motifs is 3. The number of benzene rings is 2. The van der Waals surface area contributed by atoms with Crippen molar-refractivity contribution in [2.75, 3.05) is 32.7 Å². The first kappa shape index (κ1) is 14.9. The molecule has 0 amide bonds. The van der Waals surface area contributed by atoms with Crippen LogP contribution in [0.4, 0.5) is 0 Å². The molecular weight excluding hydrogens is 280 g/mol. The minimum absolute atomic E-state index is 0.515. The third-order valence-corrected chi connectivity index (χ3v) is 5.46. The molecule has 0 N–H and O–H groups in total. The van der Waals surface area contributed by atoms with E-state index in [1.54, 1.807) is 11.1 Å². The van der Waals surface area contributed by atoms with E-state index in [4.69, 9.17) is 0 Å². The normalized spacial score (nSPS) is 24.9. The number of nitrogens with zero attached hydrogens (tertiary/aromatic N) is 2. The molecule has 2 aromatic carbocycles. The second kappa shape index (κ2) is 6.46. The zero-order valence-corrected chi connectivity index (χ0v) is 14.0. The number of hydrogen-bond donors (Lipinski definition) is 0. The molecule has 4 rings (SSSR count). The maximum absolute atomic E-state index is 2.71. The fourth-order valence-electron chi connectivity index (χ4n) is 4.34. The van der Waals surface area contributed by atoms with E-state index in [-0.39, 0.29) is 0 Å². The molecule has 23 heavy (non-hydrogen) atoms. The van der Waals surface area contributed by atoms with Crippen LogP contribution in [0.25, 0.3) is 0 Å². The SMILES string of the molecule is CCCN1CCN2C[C@H](c3ccccc3)c3ccccc3[C@H]2C1. The standard InChI is InChI=1S/C21H26N2/c1-2-12-22-13-14-23-15-20(17-8-4-3-5-9-17)18-10-6-7-11-19(18)21(23)16-22/h3-11,20-21H,2,12-16H2,1H3/t20-,21-/m1/s1. The molecule has 1 saturated heterocycles. The molecule has 1 fully saturated rings. The smallest absolute Gasteiger partial charge is 0.0479 e. The van der Waals surface area contributed by atoms with E-state index in [1.807, 2.05) is 0 Å². The molecule has 2 atom stereocenters. The maximum Gasteiger partial charge on any atom is 0.0479 e. The maximum atomic E-state index is 2.71. The van der Waals surface area contributed by atoms with Gasteiger partial charge in [-0.15, -0.1) is 0 Å². The lowest BCUT2D eigenvalue weighted by molar-refractivity contribution is 0.0628. The predicted molar refractivity (Wildman–Crippen MR) is 95.8 cm³/mol. The van der Waals surface area contributed by atoms with Gasteiger partial charge in [0.15, 0.2) is 0 Å². The first-order valence-corrected chi connectivity index (χ1v) is 8.97. The number of hydrogen-bond acceptors (Lipinski definition) is 2. The van der Waals surface area contributed by atoms with Gasteiger partial charge in [0.2, 0.25) is 0 Å². The summed E-state index contributed by atoms with van der Waals surface area (Å²) in [5.74, 6) is 0.515. The Morgan fingerprint density at radius 3 is 2.39 bits per heavy atom. The van der Waals surface area contributed by atoms with Crippen LogP contribution >= 0.6 is 0 Å². The number of piperazine rings is 1. The van der Waals surface area contributed by atoms with Crippen LogP contribution in [0.15, 0.2) is 54.6 Å². The van der Waals surface area contributed by atoms with Crippen molar-refractivity contribution in [2.24, 2.45) is 0 Å². The average molecular weight is 306 g/mol. The van der Waals surface area contributed by atoms with Gasteiger partial charge in [-0.25, -0.2) is 0 Å². The molecule has 2 aliphatic heterocycles. The Morgan fingerprint density at radius 2 is 1.61 bits per heavy atom. The Hall–Kier alpha value is -1.64. The van der Waals surface area contributed by atoms with Crippen LogP contribution in [-0.2, 0) is 0 Å². The molecule has 0 saturated carbocycles. The molecule has 2 nitrogen and oxygen atoms in total. The third kappa shape index (κ3) is 2.82. The Morgan fingerprint density at radius 1 is 0.870 bits per heavy atom. The molecule has 2 heterocycles. The first-order chi connectivity index (χ1) is 11.4. The van der Waals surface area contributed by atoms with Gasteiger partial charge in [-0.05, 0) is 29.7 Å². The highest BCUT2D eigenvalue weighted by atomic mass is 15.3. The second-order valence-corrected chi connectivity index (χ2v) is 6.90. The van der Waals surface area contributed by atoms with Gasteiger partial charge in [0.25, 0.3) is 0 Å².